The first kappa shape index (κ1) is 18.3. The number of carbonyl (C=O) groups excluding carboxylic acids is 2. The molecule has 2 amide bonds. The van der Waals surface area contributed by atoms with Gasteiger partial charge in [0.25, 0.3) is 11.8 Å². The van der Waals surface area contributed by atoms with Gasteiger partial charge in [0.2, 0.25) is 0 Å². The molecule has 2 heterocycles. The maximum atomic E-state index is 12.9. The van der Waals surface area contributed by atoms with Crippen LogP contribution in [0.2, 0.25) is 0 Å². The van der Waals surface area contributed by atoms with Crippen molar-refractivity contribution in [1.29, 1.82) is 0 Å². The van der Waals surface area contributed by atoms with E-state index >= 15 is 0 Å². The van der Waals surface area contributed by atoms with Crippen LogP contribution >= 0.6 is 0 Å². The van der Waals surface area contributed by atoms with Gasteiger partial charge < -0.3 is 19.9 Å². The van der Waals surface area contributed by atoms with E-state index in [1.54, 1.807) is 43.5 Å². The van der Waals surface area contributed by atoms with Crippen molar-refractivity contribution in [3.8, 4) is 5.75 Å². The lowest BCUT2D eigenvalue weighted by Crippen LogP contribution is -2.57. The van der Waals surface area contributed by atoms with Crippen molar-refractivity contribution >= 4 is 23.2 Å². The number of methoxy groups -OCH3 is 1. The summed E-state index contributed by atoms with van der Waals surface area (Å²) in [6.45, 7) is 3.70. The SMILES string of the molecule is CCN1c2cc(C(=O)Nc3ccc(OC)cc3)ccc2C(=O)N2CCCCC21. The van der Waals surface area contributed by atoms with Crippen molar-refractivity contribution in [2.24, 2.45) is 0 Å². The van der Waals surface area contributed by atoms with E-state index in [1.807, 2.05) is 11.0 Å². The Hall–Kier alpha value is -3.02. The molecule has 6 heteroatoms. The maximum Gasteiger partial charge on any atom is 0.257 e. The van der Waals surface area contributed by atoms with Crippen molar-refractivity contribution in [3.05, 3.63) is 53.6 Å². The van der Waals surface area contributed by atoms with Gasteiger partial charge in [0.15, 0.2) is 0 Å². The highest BCUT2D eigenvalue weighted by Crippen LogP contribution is 2.35. The molecule has 6 nitrogen and oxygen atoms in total. The Kier molecular flexibility index (Phi) is 4.94. The maximum absolute atomic E-state index is 12.9. The Morgan fingerprint density at radius 1 is 1.18 bits per heavy atom. The van der Waals surface area contributed by atoms with E-state index in [2.05, 4.69) is 17.1 Å². The molecule has 0 aliphatic carbocycles. The first-order valence-electron chi connectivity index (χ1n) is 9.79. The predicted octanol–water partition coefficient (Wildman–Crippen LogP) is 3.74. The third-order valence-electron chi connectivity index (χ3n) is 5.58. The Balaban J connectivity index is 1.62. The van der Waals surface area contributed by atoms with Gasteiger partial charge in [-0.25, -0.2) is 0 Å². The Labute approximate surface area is 165 Å². The van der Waals surface area contributed by atoms with Crippen LogP contribution in [0.15, 0.2) is 42.5 Å². The second-order valence-corrected chi connectivity index (χ2v) is 7.18. The second-order valence-electron chi connectivity index (χ2n) is 7.18. The highest BCUT2D eigenvalue weighted by Gasteiger charge is 2.38. The topological polar surface area (TPSA) is 61.9 Å². The van der Waals surface area contributed by atoms with Crippen LogP contribution in [0.4, 0.5) is 11.4 Å². The summed E-state index contributed by atoms with van der Waals surface area (Å²) >= 11 is 0. The lowest BCUT2D eigenvalue weighted by Gasteiger charge is -2.47. The quantitative estimate of drug-likeness (QED) is 0.879. The fraction of sp³-hybridized carbons (Fsp3) is 0.364. The minimum absolute atomic E-state index is 0.0755. The van der Waals surface area contributed by atoms with Crippen LogP contribution < -0.4 is 15.0 Å². The van der Waals surface area contributed by atoms with Crippen molar-refractivity contribution in [3.63, 3.8) is 0 Å². The van der Waals surface area contributed by atoms with Gasteiger partial charge in [0.1, 0.15) is 11.9 Å². The third-order valence-corrected chi connectivity index (χ3v) is 5.58. The van der Waals surface area contributed by atoms with Crippen molar-refractivity contribution < 1.29 is 14.3 Å². The van der Waals surface area contributed by atoms with Crippen LogP contribution in [0.5, 0.6) is 5.75 Å². The normalized spacial score (nSPS) is 18.4. The number of anilines is 2. The molecule has 2 aliphatic rings. The monoisotopic (exact) mass is 379 g/mol. The molecular formula is C22H25N3O3. The Morgan fingerprint density at radius 3 is 2.68 bits per heavy atom. The van der Waals surface area contributed by atoms with Crippen molar-refractivity contribution in [2.45, 2.75) is 32.4 Å². The van der Waals surface area contributed by atoms with Crippen LogP contribution in [0.1, 0.15) is 46.9 Å². The molecule has 1 atom stereocenters. The summed E-state index contributed by atoms with van der Waals surface area (Å²) in [5, 5.41) is 2.91. The minimum atomic E-state index is -0.192. The van der Waals surface area contributed by atoms with E-state index in [0.717, 1.165) is 43.8 Å². The lowest BCUT2D eigenvalue weighted by atomic mass is 9.97. The lowest BCUT2D eigenvalue weighted by molar-refractivity contribution is 0.0582. The number of nitrogens with one attached hydrogen (secondary N) is 1. The number of piperidine rings is 1. The van der Waals surface area contributed by atoms with Gasteiger partial charge in [0, 0.05) is 24.3 Å². The molecule has 0 spiro atoms. The van der Waals surface area contributed by atoms with Gasteiger partial charge in [-0.3, -0.25) is 9.59 Å². The average Bonchev–Trinajstić information content (AvgIpc) is 2.74. The molecule has 0 aromatic heterocycles. The molecule has 0 saturated carbocycles. The summed E-state index contributed by atoms with van der Waals surface area (Å²) in [6.07, 6.45) is 3.25. The minimum Gasteiger partial charge on any atom is -0.497 e. The molecule has 1 unspecified atom stereocenters. The van der Waals surface area contributed by atoms with Gasteiger partial charge in [-0.1, -0.05) is 0 Å². The summed E-state index contributed by atoms with van der Waals surface area (Å²) in [7, 11) is 1.61. The van der Waals surface area contributed by atoms with E-state index in [9.17, 15) is 9.59 Å². The molecule has 4 rings (SSSR count). The molecule has 2 aliphatic heterocycles. The largest absolute Gasteiger partial charge is 0.497 e. The molecule has 0 radical (unpaired) electrons. The highest BCUT2D eigenvalue weighted by molar-refractivity contribution is 6.08. The average molecular weight is 379 g/mol. The van der Waals surface area contributed by atoms with Crippen molar-refractivity contribution in [1.82, 2.24) is 4.90 Å². The van der Waals surface area contributed by atoms with E-state index in [0.29, 0.717) is 16.8 Å². The number of hydrogen-bond acceptors (Lipinski definition) is 4. The zero-order chi connectivity index (χ0) is 19.7. The number of hydrogen-bond donors (Lipinski definition) is 1. The summed E-state index contributed by atoms with van der Waals surface area (Å²) in [4.78, 5) is 29.9. The van der Waals surface area contributed by atoms with Gasteiger partial charge in [-0.2, -0.15) is 0 Å². The molecule has 1 N–H and O–H groups in total. The van der Waals surface area contributed by atoms with E-state index in [4.69, 9.17) is 4.74 Å². The van der Waals surface area contributed by atoms with Crippen LogP contribution in [0.25, 0.3) is 0 Å². The van der Waals surface area contributed by atoms with Gasteiger partial charge >= 0.3 is 0 Å². The number of benzene rings is 2. The fourth-order valence-electron chi connectivity index (χ4n) is 4.14. The first-order chi connectivity index (χ1) is 13.6. The number of amides is 2. The number of rotatable bonds is 4. The van der Waals surface area contributed by atoms with Crippen molar-refractivity contribution in [2.75, 3.05) is 30.4 Å². The van der Waals surface area contributed by atoms with E-state index in [-0.39, 0.29) is 18.0 Å². The van der Waals surface area contributed by atoms with E-state index < -0.39 is 0 Å². The molecule has 1 fully saturated rings. The molecule has 2 aromatic rings. The number of fused-ring (bicyclic) bond motifs is 2. The second kappa shape index (κ2) is 7.54. The molecular weight excluding hydrogens is 354 g/mol. The van der Waals surface area contributed by atoms with Crippen LogP contribution in [-0.4, -0.2) is 43.1 Å². The smallest absolute Gasteiger partial charge is 0.257 e. The zero-order valence-corrected chi connectivity index (χ0v) is 16.3. The number of nitrogens with zero attached hydrogens (tertiary/aromatic N) is 2. The molecule has 2 aromatic carbocycles. The number of carbonyl (C=O) groups is 2. The molecule has 1 saturated heterocycles. The molecule has 28 heavy (non-hydrogen) atoms. The zero-order valence-electron chi connectivity index (χ0n) is 16.3. The number of ether oxygens (including phenoxy) is 1. The summed E-state index contributed by atoms with van der Waals surface area (Å²) < 4.78 is 5.14. The molecule has 146 valence electrons. The summed E-state index contributed by atoms with van der Waals surface area (Å²) in [5.74, 6) is 0.620. The standard InChI is InChI=1S/C22H25N3O3/c1-3-24-19-14-15(21(26)23-16-8-10-17(28-2)11-9-16)7-12-18(19)22(27)25-13-5-4-6-20(24)25/h7-12,14,20H,3-6,13H2,1-2H3,(H,23,26). The highest BCUT2D eigenvalue weighted by atomic mass is 16.5. The molecule has 0 bridgehead atoms. The predicted molar refractivity (Wildman–Crippen MR) is 109 cm³/mol. The van der Waals surface area contributed by atoms with Gasteiger partial charge in [0.05, 0.1) is 18.4 Å². The summed E-state index contributed by atoms with van der Waals surface area (Å²) in [6, 6.07) is 12.6. The van der Waals surface area contributed by atoms with Crippen LogP contribution in [0.3, 0.4) is 0 Å². The van der Waals surface area contributed by atoms with Gasteiger partial charge in [-0.05, 0) is 68.7 Å². The fourth-order valence-corrected chi connectivity index (χ4v) is 4.14. The Bertz CT molecular complexity index is 894. The van der Waals surface area contributed by atoms with Crippen LogP contribution in [0, 0.1) is 0 Å². The van der Waals surface area contributed by atoms with E-state index in [1.165, 1.54) is 0 Å². The Morgan fingerprint density at radius 2 is 1.96 bits per heavy atom. The van der Waals surface area contributed by atoms with Gasteiger partial charge in [-0.15, -0.1) is 0 Å². The van der Waals surface area contributed by atoms with Crippen LogP contribution in [-0.2, 0) is 0 Å². The third kappa shape index (κ3) is 3.19. The summed E-state index contributed by atoms with van der Waals surface area (Å²) in [5.41, 5.74) is 2.79. The first-order valence-corrected chi connectivity index (χ1v) is 9.79.